The van der Waals surface area contributed by atoms with E-state index in [-0.39, 0.29) is 116 Å². The molecule has 0 unspecified atom stereocenters. The standard InChI is InChI=1S/2Ba.ClH.H2O.4H/h;;1H;1H2;;;;. The fourth-order valence-corrected chi connectivity index (χ4v) is 0. The van der Waals surface area contributed by atoms with Crippen LogP contribution in [0.4, 0.5) is 0 Å². The number of halogens is 1. The first-order chi connectivity index (χ1) is 0. The van der Waals surface area contributed by atoms with Gasteiger partial charge in [-0.05, 0) is 0 Å². The minimum atomic E-state index is 0. The van der Waals surface area contributed by atoms with Crippen LogP contribution in [0.3, 0.4) is 0 Å². The van der Waals surface area contributed by atoms with E-state index in [1.165, 1.54) is 0 Å². The molecule has 0 amide bonds. The summed E-state index contributed by atoms with van der Waals surface area (Å²) in [5.74, 6) is 0. The normalized spacial score (nSPS) is 0. The molecular weight excluding hydrogens is 326 g/mol. The Morgan fingerprint density at radius 2 is 0.750 bits per heavy atom. The van der Waals surface area contributed by atoms with Gasteiger partial charge >= 0.3 is 97.8 Å². The first kappa shape index (κ1) is 26.2. The van der Waals surface area contributed by atoms with Crippen molar-refractivity contribution < 1.29 is 5.48 Å². The zero-order valence-electron chi connectivity index (χ0n) is 0.908. The van der Waals surface area contributed by atoms with Crippen LogP contribution in [0.1, 0.15) is 0 Å². The summed E-state index contributed by atoms with van der Waals surface area (Å²) in [7, 11) is 0. The number of hydrogen-bond acceptors (Lipinski definition) is 0. The molecule has 0 heterocycles. The summed E-state index contributed by atoms with van der Waals surface area (Å²) in [6.07, 6.45) is 0. The monoisotopic (exact) mass is 334 g/mol. The van der Waals surface area contributed by atoms with Gasteiger partial charge in [-0.1, -0.05) is 0 Å². The molecular formula is H7Ba2ClO. The summed E-state index contributed by atoms with van der Waals surface area (Å²) < 4.78 is 0. The van der Waals surface area contributed by atoms with Crippen molar-refractivity contribution in [2.75, 3.05) is 0 Å². The van der Waals surface area contributed by atoms with Crippen LogP contribution in [-0.2, 0) is 0 Å². The van der Waals surface area contributed by atoms with Gasteiger partial charge in [-0.2, -0.15) is 0 Å². The fourth-order valence-electron chi connectivity index (χ4n) is 0. The number of rotatable bonds is 0. The summed E-state index contributed by atoms with van der Waals surface area (Å²) in [6.45, 7) is 0. The van der Waals surface area contributed by atoms with E-state index >= 15 is 0 Å². The molecule has 4 heteroatoms. The zero-order valence-corrected chi connectivity index (χ0v) is 1.72. The van der Waals surface area contributed by atoms with Gasteiger partial charge < -0.3 is 5.48 Å². The van der Waals surface area contributed by atoms with Crippen molar-refractivity contribution in [3.63, 3.8) is 0 Å². The number of hydrogen-bond donors (Lipinski definition) is 0. The van der Waals surface area contributed by atoms with Crippen LogP contribution >= 0.6 is 12.4 Å². The van der Waals surface area contributed by atoms with Crippen molar-refractivity contribution in [1.82, 2.24) is 0 Å². The summed E-state index contributed by atoms with van der Waals surface area (Å²) in [6, 6.07) is 0. The second-order valence-electron chi connectivity index (χ2n) is 0. The predicted octanol–water partition coefficient (Wildman–Crippen LogP) is -2.24. The average Bonchev–Trinajstić information content (AvgIpc) is 0. The maximum absolute atomic E-state index is 0. The molecule has 4 heavy (non-hydrogen) atoms. The molecule has 0 atom stereocenters. The molecule has 0 rings (SSSR count). The van der Waals surface area contributed by atoms with Crippen molar-refractivity contribution in [2.45, 2.75) is 0 Å². The molecule has 0 radical (unpaired) electrons. The van der Waals surface area contributed by atoms with Crippen LogP contribution in [0.15, 0.2) is 0 Å². The van der Waals surface area contributed by atoms with E-state index in [4.69, 9.17) is 0 Å². The SMILES string of the molecule is Cl.O.[BaH2].[BaH2]. The molecule has 0 saturated heterocycles. The Kier molecular flexibility index (Phi) is 106. The third-order valence-corrected chi connectivity index (χ3v) is 0. The Balaban J connectivity index is 0. The molecule has 24 valence electrons. The Hall–Kier alpha value is 3.39. The summed E-state index contributed by atoms with van der Waals surface area (Å²) in [4.78, 5) is 0. The van der Waals surface area contributed by atoms with Gasteiger partial charge in [0.25, 0.3) is 0 Å². The first-order valence-corrected chi connectivity index (χ1v) is 0. The van der Waals surface area contributed by atoms with Crippen LogP contribution in [0, 0.1) is 0 Å². The van der Waals surface area contributed by atoms with Crippen molar-refractivity contribution in [3.8, 4) is 0 Å². The summed E-state index contributed by atoms with van der Waals surface area (Å²) in [5.41, 5.74) is 0. The van der Waals surface area contributed by atoms with Crippen LogP contribution in [0.2, 0.25) is 0 Å². The van der Waals surface area contributed by atoms with Crippen molar-refractivity contribution >= 4 is 110 Å². The van der Waals surface area contributed by atoms with Gasteiger partial charge in [0.15, 0.2) is 0 Å². The van der Waals surface area contributed by atoms with Gasteiger partial charge in [0.2, 0.25) is 0 Å². The second-order valence-corrected chi connectivity index (χ2v) is 0. The third-order valence-electron chi connectivity index (χ3n) is 0. The van der Waals surface area contributed by atoms with Crippen LogP contribution in [0.25, 0.3) is 0 Å². The van der Waals surface area contributed by atoms with E-state index < -0.39 is 0 Å². The first-order valence-electron chi connectivity index (χ1n) is 0. The molecule has 0 saturated carbocycles. The van der Waals surface area contributed by atoms with Crippen molar-refractivity contribution in [1.29, 1.82) is 0 Å². The Morgan fingerprint density at radius 3 is 0.750 bits per heavy atom. The molecule has 0 aliphatic heterocycles. The summed E-state index contributed by atoms with van der Waals surface area (Å²) >= 11 is 0. The minimum absolute atomic E-state index is 0. The molecule has 0 spiro atoms. The molecule has 0 aromatic carbocycles. The molecule has 0 aliphatic rings. The van der Waals surface area contributed by atoms with E-state index in [0.717, 1.165) is 0 Å². The van der Waals surface area contributed by atoms with Crippen molar-refractivity contribution in [3.05, 3.63) is 0 Å². The van der Waals surface area contributed by atoms with Gasteiger partial charge in [0.05, 0.1) is 0 Å². The Bertz CT molecular complexity index is 6.00. The predicted molar refractivity (Wildman–Crippen MR) is 27.9 cm³/mol. The van der Waals surface area contributed by atoms with E-state index in [9.17, 15) is 0 Å². The third kappa shape index (κ3) is 9.04. The van der Waals surface area contributed by atoms with Gasteiger partial charge in [-0.15, -0.1) is 12.4 Å². The Morgan fingerprint density at radius 1 is 0.750 bits per heavy atom. The van der Waals surface area contributed by atoms with E-state index in [1.54, 1.807) is 0 Å². The van der Waals surface area contributed by atoms with Gasteiger partial charge in [-0.25, -0.2) is 0 Å². The fraction of sp³-hybridized carbons (Fsp3) is 0. The molecule has 0 aromatic heterocycles. The van der Waals surface area contributed by atoms with E-state index in [0.29, 0.717) is 0 Å². The van der Waals surface area contributed by atoms with Crippen LogP contribution < -0.4 is 0 Å². The van der Waals surface area contributed by atoms with Crippen LogP contribution in [0.5, 0.6) is 0 Å². The second kappa shape index (κ2) is 16.2. The average molecular weight is 333 g/mol. The molecule has 0 aromatic rings. The van der Waals surface area contributed by atoms with Crippen molar-refractivity contribution in [2.24, 2.45) is 0 Å². The molecule has 0 aliphatic carbocycles. The van der Waals surface area contributed by atoms with E-state index in [1.807, 2.05) is 0 Å². The van der Waals surface area contributed by atoms with Crippen LogP contribution in [-0.4, -0.2) is 103 Å². The van der Waals surface area contributed by atoms with Gasteiger partial charge in [0.1, 0.15) is 0 Å². The van der Waals surface area contributed by atoms with Gasteiger partial charge in [-0.3, -0.25) is 0 Å². The van der Waals surface area contributed by atoms with E-state index in [2.05, 4.69) is 0 Å². The molecule has 0 fully saturated rings. The van der Waals surface area contributed by atoms with Gasteiger partial charge in [0, 0.05) is 0 Å². The molecule has 0 bridgehead atoms. The quantitative estimate of drug-likeness (QED) is 0.450. The maximum atomic E-state index is 0. The molecule has 2 N–H and O–H groups in total. The topological polar surface area (TPSA) is 31.5 Å². The Labute approximate surface area is 112 Å². The summed E-state index contributed by atoms with van der Waals surface area (Å²) in [5, 5.41) is 0. The molecule has 1 nitrogen and oxygen atoms in total. The zero-order chi connectivity index (χ0) is 0.